The van der Waals surface area contributed by atoms with Gasteiger partial charge in [0.1, 0.15) is 17.6 Å². The summed E-state index contributed by atoms with van der Waals surface area (Å²) in [6, 6.07) is 14.6. The standard InChI is InChI=1S/C24H31FN6O/c1-5-24(2,3)31-23(26-27-28-31)22(20-8-6-7-9-21(20)32-4)30-16-14-29(15-17-30)19-12-10-18(25)11-13-19/h6-13,22H,5,14-17H2,1-4H3/t22-/m0/s1. The summed E-state index contributed by atoms with van der Waals surface area (Å²) in [5.74, 6) is 1.42. The van der Waals surface area contributed by atoms with Crippen LogP contribution in [0.2, 0.25) is 0 Å². The van der Waals surface area contributed by atoms with Crippen molar-refractivity contribution >= 4 is 5.69 Å². The van der Waals surface area contributed by atoms with Crippen molar-refractivity contribution in [2.45, 2.75) is 38.8 Å². The number of nitrogens with zero attached hydrogens (tertiary/aromatic N) is 6. The molecule has 0 radical (unpaired) electrons. The third kappa shape index (κ3) is 4.32. The maximum Gasteiger partial charge on any atom is 0.173 e. The number of methoxy groups -OCH3 is 1. The SMILES string of the molecule is CCC(C)(C)n1nnnc1[C@H](c1ccccc1OC)N1CCN(c2ccc(F)cc2)CC1. The Morgan fingerprint density at radius 1 is 1.03 bits per heavy atom. The Hall–Kier alpha value is -3.00. The zero-order valence-electron chi connectivity index (χ0n) is 19.2. The highest BCUT2D eigenvalue weighted by molar-refractivity contribution is 5.47. The number of anilines is 1. The Balaban J connectivity index is 1.67. The predicted molar refractivity (Wildman–Crippen MR) is 122 cm³/mol. The number of ether oxygens (including phenoxy) is 1. The van der Waals surface area contributed by atoms with Gasteiger partial charge < -0.3 is 9.64 Å². The van der Waals surface area contributed by atoms with Crippen LogP contribution in [0.15, 0.2) is 48.5 Å². The third-order valence-electron chi connectivity index (χ3n) is 6.48. The van der Waals surface area contributed by atoms with Crippen molar-refractivity contribution in [1.82, 2.24) is 25.1 Å². The monoisotopic (exact) mass is 438 g/mol. The topological polar surface area (TPSA) is 59.3 Å². The maximum atomic E-state index is 13.3. The van der Waals surface area contributed by atoms with Crippen LogP contribution in [0.5, 0.6) is 5.75 Å². The number of benzene rings is 2. The fourth-order valence-corrected chi connectivity index (χ4v) is 4.23. The number of para-hydroxylation sites is 1. The van der Waals surface area contributed by atoms with Crippen molar-refractivity contribution < 1.29 is 9.13 Å². The summed E-state index contributed by atoms with van der Waals surface area (Å²) in [6.45, 7) is 9.74. The van der Waals surface area contributed by atoms with Gasteiger partial charge in [0.05, 0.1) is 12.6 Å². The smallest absolute Gasteiger partial charge is 0.173 e. The Morgan fingerprint density at radius 3 is 2.38 bits per heavy atom. The highest BCUT2D eigenvalue weighted by Crippen LogP contribution is 2.36. The molecule has 0 spiro atoms. The van der Waals surface area contributed by atoms with E-state index >= 15 is 0 Å². The van der Waals surface area contributed by atoms with Gasteiger partial charge in [0, 0.05) is 37.4 Å². The molecule has 0 saturated carbocycles. The lowest BCUT2D eigenvalue weighted by atomic mass is 9.98. The third-order valence-corrected chi connectivity index (χ3v) is 6.48. The first-order chi connectivity index (χ1) is 15.4. The summed E-state index contributed by atoms with van der Waals surface area (Å²) in [6.07, 6.45) is 0.905. The molecule has 1 atom stereocenters. The number of hydrogen-bond acceptors (Lipinski definition) is 6. The average molecular weight is 439 g/mol. The van der Waals surface area contributed by atoms with E-state index in [0.29, 0.717) is 0 Å². The Kier molecular flexibility index (Phi) is 6.41. The van der Waals surface area contributed by atoms with Gasteiger partial charge in [-0.15, -0.1) is 5.10 Å². The van der Waals surface area contributed by atoms with Crippen molar-refractivity contribution in [3.8, 4) is 5.75 Å². The molecular formula is C24H31FN6O. The molecule has 32 heavy (non-hydrogen) atoms. The van der Waals surface area contributed by atoms with Crippen LogP contribution < -0.4 is 9.64 Å². The number of piperazine rings is 1. The van der Waals surface area contributed by atoms with Crippen LogP contribution in [0.3, 0.4) is 0 Å². The van der Waals surface area contributed by atoms with Crippen molar-refractivity contribution in [2.24, 2.45) is 0 Å². The van der Waals surface area contributed by atoms with E-state index in [4.69, 9.17) is 4.74 Å². The molecular weight excluding hydrogens is 407 g/mol. The summed E-state index contributed by atoms with van der Waals surface area (Å²) in [4.78, 5) is 4.69. The number of halogens is 1. The second-order valence-corrected chi connectivity index (χ2v) is 8.76. The van der Waals surface area contributed by atoms with Gasteiger partial charge in [-0.3, -0.25) is 4.90 Å². The molecule has 1 aliphatic rings. The van der Waals surface area contributed by atoms with E-state index in [-0.39, 0.29) is 17.4 Å². The van der Waals surface area contributed by atoms with Gasteiger partial charge in [-0.2, -0.15) is 0 Å². The van der Waals surface area contributed by atoms with E-state index in [1.54, 1.807) is 7.11 Å². The van der Waals surface area contributed by atoms with E-state index in [9.17, 15) is 4.39 Å². The molecule has 1 aromatic heterocycles. The van der Waals surface area contributed by atoms with Crippen molar-refractivity contribution in [3.05, 3.63) is 65.7 Å². The molecule has 8 heteroatoms. The number of hydrogen-bond donors (Lipinski definition) is 0. The van der Waals surface area contributed by atoms with Gasteiger partial charge in [-0.05, 0) is 61.0 Å². The molecule has 3 aromatic rings. The molecule has 0 N–H and O–H groups in total. The van der Waals surface area contributed by atoms with Gasteiger partial charge >= 0.3 is 0 Å². The molecule has 7 nitrogen and oxygen atoms in total. The lowest BCUT2D eigenvalue weighted by Gasteiger charge is -2.40. The van der Waals surface area contributed by atoms with E-state index < -0.39 is 0 Å². The summed E-state index contributed by atoms with van der Waals surface area (Å²) in [5, 5.41) is 12.9. The number of aromatic nitrogens is 4. The average Bonchev–Trinajstić information content (AvgIpc) is 3.31. The van der Waals surface area contributed by atoms with E-state index in [2.05, 4.69) is 52.2 Å². The summed E-state index contributed by atoms with van der Waals surface area (Å²) in [7, 11) is 1.70. The van der Waals surface area contributed by atoms with Crippen LogP contribution in [-0.2, 0) is 5.54 Å². The van der Waals surface area contributed by atoms with Gasteiger partial charge in [0.15, 0.2) is 5.82 Å². The van der Waals surface area contributed by atoms with Crippen molar-refractivity contribution in [2.75, 3.05) is 38.2 Å². The molecule has 4 rings (SSSR count). The second kappa shape index (κ2) is 9.24. The minimum Gasteiger partial charge on any atom is -0.496 e. The Labute approximate surface area is 188 Å². The van der Waals surface area contributed by atoms with Gasteiger partial charge in [-0.25, -0.2) is 9.07 Å². The van der Waals surface area contributed by atoms with E-state index in [1.807, 2.05) is 35.0 Å². The van der Waals surface area contributed by atoms with Crippen LogP contribution in [0, 0.1) is 5.82 Å². The zero-order valence-corrected chi connectivity index (χ0v) is 19.2. The lowest BCUT2D eigenvalue weighted by molar-refractivity contribution is 0.184. The molecule has 1 fully saturated rings. The second-order valence-electron chi connectivity index (χ2n) is 8.76. The minimum absolute atomic E-state index is 0.137. The number of rotatable bonds is 7. The molecule has 170 valence electrons. The quantitative estimate of drug-likeness (QED) is 0.558. The largest absolute Gasteiger partial charge is 0.496 e. The van der Waals surface area contributed by atoms with Crippen LogP contribution in [0.25, 0.3) is 0 Å². The minimum atomic E-state index is -0.214. The van der Waals surface area contributed by atoms with Crippen LogP contribution in [0.4, 0.5) is 10.1 Å². The van der Waals surface area contributed by atoms with Gasteiger partial charge in [-0.1, -0.05) is 25.1 Å². The van der Waals surface area contributed by atoms with Crippen LogP contribution in [-0.4, -0.2) is 58.4 Å². The normalized spacial score (nSPS) is 16.2. The van der Waals surface area contributed by atoms with Gasteiger partial charge in [0.2, 0.25) is 0 Å². The molecule has 2 heterocycles. The highest BCUT2D eigenvalue weighted by atomic mass is 19.1. The van der Waals surface area contributed by atoms with E-state index in [0.717, 1.165) is 55.4 Å². The zero-order chi connectivity index (χ0) is 22.7. The molecule has 0 aliphatic carbocycles. The first-order valence-electron chi connectivity index (χ1n) is 11.1. The molecule has 2 aromatic carbocycles. The molecule has 1 aliphatic heterocycles. The summed E-state index contributed by atoms with van der Waals surface area (Å²) >= 11 is 0. The summed E-state index contributed by atoms with van der Waals surface area (Å²) < 4.78 is 21.0. The molecule has 0 amide bonds. The fraction of sp³-hybridized carbons (Fsp3) is 0.458. The molecule has 1 saturated heterocycles. The van der Waals surface area contributed by atoms with Gasteiger partial charge in [0.25, 0.3) is 0 Å². The lowest BCUT2D eigenvalue weighted by Crippen LogP contribution is -2.49. The summed E-state index contributed by atoms with van der Waals surface area (Å²) in [5.41, 5.74) is 1.87. The highest BCUT2D eigenvalue weighted by Gasteiger charge is 2.35. The van der Waals surface area contributed by atoms with Crippen LogP contribution in [0.1, 0.15) is 44.6 Å². The number of tetrazole rings is 1. The maximum absolute atomic E-state index is 13.3. The predicted octanol–water partition coefficient (Wildman–Crippen LogP) is 3.88. The Morgan fingerprint density at radius 2 is 1.72 bits per heavy atom. The first-order valence-corrected chi connectivity index (χ1v) is 11.1. The molecule has 0 unspecified atom stereocenters. The van der Waals surface area contributed by atoms with Crippen LogP contribution >= 0.6 is 0 Å². The van der Waals surface area contributed by atoms with E-state index in [1.165, 1.54) is 12.1 Å². The Bertz CT molecular complexity index is 1030. The first kappa shape index (κ1) is 22.2. The fourth-order valence-electron chi connectivity index (χ4n) is 4.23. The van der Waals surface area contributed by atoms with Crippen molar-refractivity contribution in [3.63, 3.8) is 0 Å². The molecule has 0 bridgehead atoms. The van der Waals surface area contributed by atoms with Crippen molar-refractivity contribution in [1.29, 1.82) is 0 Å².